The first-order valence-corrected chi connectivity index (χ1v) is 24.4. The summed E-state index contributed by atoms with van der Waals surface area (Å²) in [4.78, 5) is 25.6. The summed E-state index contributed by atoms with van der Waals surface area (Å²) in [5.74, 6) is 3.04. The Labute approximate surface area is 411 Å². The molecule has 0 saturated carbocycles. The first-order chi connectivity index (χ1) is 33.7. The number of ether oxygens (including phenoxy) is 1. The average molecular weight is 918 g/mol. The van der Waals surface area contributed by atoms with Crippen molar-refractivity contribution < 1.29 is 4.74 Å². The molecule has 0 radical (unpaired) electrons. The molecule has 8 nitrogen and oxygen atoms in total. The van der Waals surface area contributed by atoms with Gasteiger partial charge in [0, 0.05) is 45.4 Å². The van der Waals surface area contributed by atoms with E-state index in [1.807, 2.05) is 18.3 Å². The number of hydrogen-bond donors (Lipinski definition) is 0. The van der Waals surface area contributed by atoms with Crippen molar-refractivity contribution in [3.63, 3.8) is 0 Å². The van der Waals surface area contributed by atoms with Crippen molar-refractivity contribution in [3.05, 3.63) is 202 Å². The SMILES string of the molecule is Cc1cc(N2CN(c3cccc(OC4C=c5c(c6ccccc6n5-c5ccccn5)=CC4c4nc(-c5ccc(C(C)(C)C)cc5)nc(-c5ccc(C(C)(C)C)cc5)n4)c3)c3ccccc32)cc(C)c1C. The van der Waals surface area contributed by atoms with Crippen LogP contribution in [0.3, 0.4) is 0 Å². The van der Waals surface area contributed by atoms with Gasteiger partial charge in [-0.25, -0.2) is 19.9 Å². The molecule has 0 amide bonds. The fraction of sp³-hybridized carbons (Fsp3) is 0.226. The predicted octanol–water partition coefficient (Wildman–Crippen LogP) is 13.1. The molecule has 70 heavy (non-hydrogen) atoms. The summed E-state index contributed by atoms with van der Waals surface area (Å²) in [6, 6.07) is 53.6. The van der Waals surface area contributed by atoms with Crippen molar-refractivity contribution in [2.24, 2.45) is 0 Å². The van der Waals surface area contributed by atoms with Crippen LogP contribution in [0.5, 0.6) is 5.75 Å². The molecule has 4 heterocycles. The molecular formula is C62H59N7O. The Morgan fingerprint density at radius 3 is 1.74 bits per heavy atom. The second-order valence-electron chi connectivity index (χ2n) is 21.0. The summed E-state index contributed by atoms with van der Waals surface area (Å²) >= 11 is 0. The van der Waals surface area contributed by atoms with E-state index in [9.17, 15) is 0 Å². The summed E-state index contributed by atoms with van der Waals surface area (Å²) < 4.78 is 9.59. The highest BCUT2D eigenvalue weighted by Gasteiger charge is 2.32. The minimum atomic E-state index is -0.523. The topological polar surface area (TPSA) is 72.2 Å². The van der Waals surface area contributed by atoms with Crippen LogP contribution in [0.4, 0.5) is 22.7 Å². The molecule has 0 spiro atoms. The molecule has 2 aliphatic rings. The largest absolute Gasteiger partial charge is 0.485 e. The Hall–Kier alpha value is -7.84. The third kappa shape index (κ3) is 8.21. The lowest BCUT2D eigenvalue weighted by Crippen LogP contribution is -2.39. The fourth-order valence-electron chi connectivity index (χ4n) is 9.96. The van der Waals surface area contributed by atoms with E-state index in [4.69, 9.17) is 24.7 Å². The van der Waals surface area contributed by atoms with E-state index in [1.165, 1.54) is 39.2 Å². The van der Waals surface area contributed by atoms with Crippen molar-refractivity contribution in [2.75, 3.05) is 16.5 Å². The number of hydrogen-bond acceptors (Lipinski definition) is 7. The van der Waals surface area contributed by atoms with E-state index in [1.54, 1.807) is 0 Å². The number of aryl methyl sites for hydroxylation is 2. The highest BCUT2D eigenvalue weighted by atomic mass is 16.5. The predicted molar refractivity (Wildman–Crippen MR) is 287 cm³/mol. The molecular weight excluding hydrogens is 859 g/mol. The molecule has 9 aromatic rings. The lowest BCUT2D eigenvalue weighted by Gasteiger charge is -2.27. The molecule has 0 saturated heterocycles. The monoisotopic (exact) mass is 917 g/mol. The van der Waals surface area contributed by atoms with Crippen LogP contribution in [0.15, 0.2) is 158 Å². The van der Waals surface area contributed by atoms with Crippen LogP contribution in [0.25, 0.3) is 51.6 Å². The minimum absolute atomic E-state index is 0.000551. The Kier molecular flexibility index (Phi) is 11.0. The van der Waals surface area contributed by atoms with E-state index in [0.717, 1.165) is 55.5 Å². The van der Waals surface area contributed by atoms with E-state index < -0.39 is 12.0 Å². The summed E-state index contributed by atoms with van der Waals surface area (Å²) in [5, 5.41) is 3.21. The molecule has 2 atom stereocenters. The molecule has 0 fully saturated rings. The van der Waals surface area contributed by atoms with Crippen LogP contribution in [0.2, 0.25) is 0 Å². The quantitative estimate of drug-likeness (QED) is 0.150. The molecule has 1 aliphatic carbocycles. The van der Waals surface area contributed by atoms with Gasteiger partial charge in [-0.05, 0) is 120 Å². The van der Waals surface area contributed by atoms with Crippen molar-refractivity contribution >= 4 is 45.8 Å². The molecule has 8 heteroatoms. The van der Waals surface area contributed by atoms with Gasteiger partial charge in [0.15, 0.2) is 11.6 Å². The van der Waals surface area contributed by atoms with Crippen molar-refractivity contribution in [1.29, 1.82) is 0 Å². The number of anilines is 4. The molecule has 1 aliphatic heterocycles. The number of fused-ring (bicyclic) bond motifs is 4. The molecule has 3 aromatic heterocycles. The number of nitrogens with zero attached hydrogens (tertiary/aromatic N) is 7. The fourth-order valence-corrected chi connectivity index (χ4v) is 9.96. The lowest BCUT2D eigenvalue weighted by atomic mass is 9.86. The molecule has 6 aromatic carbocycles. The zero-order chi connectivity index (χ0) is 48.5. The van der Waals surface area contributed by atoms with Gasteiger partial charge in [0.05, 0.1) is 28.2 Å². The minimum Gasteiger partial charge on any atom is -0.485 e. The van der Waals surface area contributed by atoms with Gasteiger partial charge in [-0.3, -0.25) is 4.57 Å². The molecule has 11 rings (SSSR count). The molecule has 0 N–H and O–H groups in total. The maximum absolute atomic E-state index is 7.35. The first kappa shape index (κ1) is 44.7. The van der Waals surface area contributed by atoms with Gasteiger partial charge in [-0.1, -0.05) is 139 Å². The standard InChI is InChI=1S/C62H59N7O/c1-39-33-47(34-40(2)41(39)3)68-38-67(53-21-12-13-22-54(53)68)46-17-16-18-48(35-46)70-56-37-55-50(49-19-10-11-20-52(49)69(55)57-23-14-15-32-63-57)36-51(56)60-65-58(42-24-28-44(29-25-42)61(4,5)6)64-59(66-60)43-26-30-45(31-27-43)62(7,8)9/h10-37,51,56H,38H2,1-9H3. The molecule has 2 unspecified atom stereocenters. The van der Waals surface area contributed by atoms with E-state index in [-0.39, 0.29) is 10.8 Å². The van der Waals surface area contributed by atoms with Gasteiger partial charge >= 0.3 is 0 Å². The summed E-state index contributed by atoms with van der Waals surface area (Å²) in [5.41, 5.74) is 13.9. The van der Waals surface area contributed by atoms with Gasteiger partial charge in [-0.15, -0.1) is 0 Å². The number of para-hydroxylation sites is 3. The van der Waals surface area contributed by atoms with Crippen LogP contribution in [-0.4, -0.2) is 37.3 Å². The zero-order valence-corrected chi connectivity index (χ0v) is 41.6. The van der Waals surface area contributed by atoms with Gasteiger partial charge in [0.2, 0.25) is 0 Å². The second-order valence-corrected chi connectivity index (χ2v) is 21.0. The third-order valence-electron chi connectivity index (χ3n) is 14.2. The van der Waals surface area contributed by atoms with Gasteiger partial charge in [0.1, 0.15) is 30.2 Å². The Morgan fingerprint density at radius 2 is 1.14 bits per heavy atom. The third-order valence-corrected chi connectivity index (χ3v) is 14.2. The van der Waals surface area contributed by atoms with E-state index >= 15 is 0 Å². The van der Waals surface area contributed by atoms with Crippen molar-refractivity contribution in [3.8, 4) is 34.3 Å². The molecule has 348 valence electrons. The average Bonchev–Trinajstić information content (AvgIpc) is 3.91. The van der Waals surface area contributed by atoms with Crippen LogP contribution in [0.1, 0.15) is 81.1 Å². The summed E-state index contributed by atoms with van der Waals surface area (Å²) in [6.07, 6.45) is 5.88. The maximum Gasteiger partial charge on any atom is 0.163 e. The first-order valence-electron chi connectivity index (χ1n) is 24.4. The highest BCUT2D eigenvalue weighted by Crippen LogP contribution is 2.45. The van der Waals surface area contributed by atoms with E-state index in [2.05, 4.69) is 228 Å². The zero-order valence-electron chi connectivity index (χ0n) is 41.6. The Bertz CT molecular complexity index is 3470. The number of pyridine rings is 1. The van der Waals surface area contributed by atoms with Crippen molar-refractivity contribution in [2.45, 2.75) is 85.2 Å². The van der Waals surface area contributed by atoms with Gasteiger partial charge < -0.3 is 14.5 Å². The summed E-state index contributed by atoms with van der Waals surface area (Å²) in [6.45, 7) is 20.7. The van der Waals surface area contributed by atoms with Crippen LogP contribution >= 0.6 is 0 Å². The van der Waals surface area contributed by atoms with Gasteiger partial charge in [-0.2, -0.15) is 0 Å². The number of rotatable bonds is 8. The lowest BCUT2D eigenvalue weighted by molar-refractivity contribution is 0.247. The summed E-state index contributed by atoms with van der Waals surface area (Å²) in [7, 11) is 0. The second kappa shape index (κ2) is 17.3. The Balaban J connectivity index is 1.06. The van der Waals surface area contributed by atoms with Crippen LogP contribution in [-0.2, 0) is 10.8 Å². The smallest absolute Gasteiger partial charge is 0.163 e. The van der Waals surface area contributed by atoms with Crippen LogP contribution in [0, 0.1) is 20.8 Å². The number of aromatic nitrogens is 5. The maximum atomic E-state index is 7.35. The van der Waals surface area contributed by atoms with Gasteiger partial charge in [0.25, 0.3) is 0 Å². The van der Waals surface area contributed by atoms with E-state index in [0.29, 0.717) is 24.1 Å². The van der Waals surface area contributed by atoms with Crippen molar-refractivity contribution in [1.82, 2.24) is 24.5 Å². The normalized spacial score (nSPS) is 15.6. The molecule has 0 bridgehead atoms. The number of benzene rings is 6. The van der Waals surface area contributed by atoms with Crippen LogP contribution < -0.4 is 25.1 Å². The Morgan fingerprint density at radius 1 is 0.557 bits per heavy atom. The highest BCUT2D eigenvalue weighted by molar-refractivity contribution is 5.88.